The second kappa shape index (κ2) is 7.93. The lowest BCUT2D eigenvalue weighted by Gasteiger charge is -2.34. The first-order valence-corrected chi connectivity index (χ1v) is 9.04. The van der Waals surface area contributed by atoms with Gasteiger partial charge in [-0.1, -0.05) is 31.2 Å². The standard InChI is InChI=1S/C19H29N3O/c1-2-20-13-16-7-10-21(11-8-16)15-19(23)22-12-9-17-5-3-4-6-18(17)14-22/h3-6,16,20H,2,7-15H2,1H3. The predicted octanol–water partition coefficient (Wildman–Crippen LogP) is 1.89. The molecule has 23 heavy (non-hydrogen) atoms. The normalized spacial score (nSPS) is 19.6. The first kappa shape index (κ1) is 16.5. The van der Waals surface area contributed by atoms with E-state index < -0.39 is 0 Å². The summed E-state index contributed by atoms with van der Waals surface area (Å²) in [7, 11) is 0. The molecule has 1 aromatic rings. The van der Waals surface area contributed by atoms with E-state index >= 15 is 0 Å². The highest BCUT2D eigenvalue weighted by atomic mass is 16.2. The van der Waals surface area contributed by atoms with Crippen LogP contribution in [0.5, 0.6) is 0 Å². The van der Waals surface area contributed by atoms with E-state index in [1.807, 2.05) is 4.90 Å². The number of nitrogens with one attached hydrogen (secondary N) is 1. The summed E-state index contributed by atoms with van der Waals surface area (Å²) in [6, 6.07) is 8.50. The summed E-state index contributed by atoms with van der Waals surface area (Å²) in [6.45, 7) is 8.70. The monoisotopic (exact) mass is 315 g/mol. The number of carbonyl (C=O) groups excluding carboxylic acids is 1. The first-order valence-electron chi connectivity index (χ1n) is 9.04. The van der Waals surface area contributed by atoms with Crippen LogP contribution in [0.25, 0.3) is 0 Å². The number of carbonyl (C=O) groups is 1. The molecule has 0 saturated carbocycles. The number of fused-ring (bicyclic) bond motifs is 1. The Morgan fingerprint density at radius 2 is 1.91 bits per heavy atom. The van der Waals surface area contributed by atoms with Crippen molar-refractivity contribution >= 4 is 5.91 Å². The summed E-state index contributed by atoms with van der Waals surface area (Å²) in [6.07, 6.45) is 3.42. The average molecular weight is 315 g/mol. The number of rotatable bonds is 5. The molecule has 1 aromatic carbocycles. The Morgan fingerprint density at radius 3 is 2.65 bits per heavy atom. The number of benzene rings is 1. The number of likely N-dealkylation sites (tertiary alicyclic amines) is 1. The number of nitrogens with zero attached hydrogens (tertiary/aromatic N) is 2. The van der Waals surface area contributed by atoms with E-state index in [0.717, 1.165) is 51.6 Å². The van der Waals surface area contributed by atoms with Gasteiger partial charge in [-0.2, -0.15) is 0 Å². The molecule has 0 atom stereocenters. The molecule has 0 aliphatic carbocycles. The third kappa shape index (κ3) is 4.33. The van der Waals surface area contributed by atoms with E-state index in [1.54, 1.807) is 0 Å². The van der Waals surface area contributed by atoms with Gasteiger partial charge in [0.25, 0.3) is 0 Å². The van der Waals surface area contributed by atoms with Crippen molar-refractivity contribution < 1.29 is 4.79 Å². The molecule has 1 N–H and O–H groups in total. The van der Waals surface area contributed by atoms with Gasteiger partial charge in [0, 0.05) is 13.1 Å². The summed E-state index contributed by atoms with van der Waals surface area (Å²) in [5.41, 5.74) is 2.72. The number of amides is 1. The van der Waals surface area contributed by atoms with Gasteiger partial charge in [0.1, 0.15) is 0 Å². The predicted molar refractivity (Wildman–Crippen MR) is 93.3 cm³/mol. The van der Waals surface area contributed by atoms with Gasteiger partial charge in [-0.15, -0.1) is 0 Å². The Morgan fingerprint density at radius 1 is 1.17 bits per heavy atom. The molecule has 2 aliphatic rings. The third-order valence-corrected chi connectivity index (χ3v) is 5.23. The van der Waals surface area contributed by atoms with Crippen LogP contribution in [0.15, 0.2) is 24.3 Å². The quantitative estimate of drug-likeness (QED) is 0.901. The summed E-state index contributed by atoms with van der Waals surface area (Å²) >= 11 is 0. The molecule has 0 unspecified atom stereocenters. The average Bonchev–Trinajstić information content (AvgIpc) is 2.60. The molecule has 4 heteroatoms. The largest absolute Gasteiger partial charge is 0.337 e. The summed E-state index contributed by atoms with van der Waals surface area (Å²) in [4.78, 5) is 17.0. The lowest BCUT2D eigenvalue weighted by molar-refractivity contribution is -0.133. The van der Waals surface area contributed by atoms with E-state index in [2.05, 4.69) is 41.4 Å². The van der Waals surface area contributed by atoms with Gasteiger partial charge in [0.2, 0.25) is 5.91 Å². The van der Waals surface area contributed by atoms with E-state index in [0.29, 0.717) is 12.5 Å². The molecule has 3 rings (SSSR count). The Bertz CT molecular complexity index is 523. The van der Waals surface area contributed by atoms with Crippen molar-refractivity contribution in [3.8, 4) is 0 Å². The van der Waals surface area contributed by atoms with E-state index in [-0.39, 0.29) is 0 Å². The van der Waals surface area contributed by atoms with Gasteiger partial charge < -0.3 is 10.2 Å². The Labute approximate surface area is 139 Å². The molecule has 1 fully saturated rings. The van der Waals surface area contributed by atoms with Crippen LogP contribution in [0.3, 0.4) is 0 Å². The Hall–Kier alpha value is -1.39. The second-order valence-electron chi connectivity index (χ2n) is 6.86. The molecule has 0 spiro atoms. The highest BCUT2D eigenvalue weighted by Gasteiger charge is 2.24. The van der Waals surface area contributed by atoms with E-state index in [1.165, 1.54) is 24.0 Å². The molecule has 126 valence electrons. The molecule has 1 saturated heterocycles. The van der Waals surface area contributed by atoms with Crippen molar-refractivity contribution in [2.45, 2.75) is 32.7 Å². The van der Waals surface area contributed by atoms with Gasteiger partial charge in [-0.3, -0.25) is 9.69 Å². The van der Waals surface area contributed by atoms with Crippen LogP contribution in [-0.2, 0) is 17.8 Å². The highest BCUT2D eigenvalue weighted by molar-refractivity contribution is 5.78. The molecule has 1 amide bonds. The van der Waals surface area contributed by atoms with Crippen LogP contribution in [0, 0.1) is 5.92 Å². The van der Waals surface area contributed by atoms with Crippen molar-refractivity contribution in [1.82, 2.24) is 15.1 Å². The number of piperidine rings is 1. The van der Waals surface area contributed by atoms with Gasteiger partial charge in [-0.25, -0.2) is 0 Å². The van der Waals surface area contributed by atoms with Crippen molar-refractivity contribution in [2.75, 3.05) is 39.3 Å². The zero-order chi connectivity index (χ0) is 16.1. The maximum Gasteiger partial charge on any atom is 0.237 e. The molecule has 0 bridgehead atoms. The first-order chi connectivity index (χ1) is 11.3. The van der Waals surface area contributed by atoms with Gasteiger partial charge >= 0.3 is 0 Å². The summed E-state index contributed by atoms with van der Waals surface area (Å²) in [5, 5.41) is 3.44. The fourth-order valence-corrected chi connectivity index (χ4v) is 3.70. The second-order valence-corrected chi connectivity index (χ2v) is 6.86. The number of hydrogen-bond acceptors (Lipinski definition) is 3. The van der Waals surface area contributed by atoms with Gasteiger partial charge in [0.15, 0.2) is 0 Å². The molecular formula is C19H29N3O. The highest BCUT2D eigenvalue weighted by Crippen LogP contribution is 2.20. The van der Waals surface area contributed by atoms with Crippen LogP contribution >= 0.6 is 0 Å². The summed E-state index contributed by atoms with van der Waals surface area (Å²) in [5.74, 6) is 1.08. The minimum absolute atomic E-state index is 0.296. The smallest absolute Gasteiger partial charge is 0.237 e. The van der Waals surface area contributed by atoms with Gasteiger partial charge in [0.05, 0.1) is 6.54 Å². The van der Waals surface area contributed by atoms with Crippen LogP contribution in [0.1, 0.15) is 30.9 Å². The molecule has 0 aromatic heterocycles. The van der Waals surface area contributed by atoms with Crippen molar-refractivity contribution in [1.29, 1.82) is 0 Å². The minimum Gasteiger partial charge on any atom is -0.337 e. The molecule has 2 heterocycles. The fourth-order valence-electron chi connectivity index (χ4n) is 3.70. The molecule has 0 radical (unpaired) electrons. The SMILES string of the molecule is CCNCC1CCN(CC(=O)N2CCc3ccccc3C2)CC1. The van der Waals surface area contributed by atoms with Crippen LogP contribution in [0.4, 0.5) is 0 Å². The van der Waals surface area contributed by atoms with E-state index in [4.69, 9.17) is 0 Å². The third-order valence-electron chi connectivity index (χ3n) is 5.23. The molecular weight excluding hydrogens is 286 g/mol. The van der Waals surface area contributed by atoms with Gasteiger partial charge in [-0.05, 0) is 62.5 Å². The maximum absolute atomic E-state index is 12.6. The van der Waals surface area contributed by atoms with Crippen molar-refractivity contribution in [3.63, 3.8) is 0 Å². The fraction of sp³-hybridized carbons (Fsp3) is 0.632. The van der Waals surface area contributed by atoms with Crippen LogP contribution in [-0.4, -0.2) is 55.0 Å². The van der Waals surface area contributed by atoms with Crippen LogP contribution in [0.2, 0.25) is 0 Å². The lowest BCUT2D eigenvalue weighted by atomic mass is 9.96. The van der Waals surface area contributed by atoms with Crippen molar-refractivity contribution in [2.24, 2.45) is 5.92 Å². The Balaban J connectivity index is 1.45. The summed E-state index contributed by atoms with van der Waals surface area (Å²) < 4.78 is 0. The minimum atomic E-state index is 0.296. The van der Waals surface area contributed by atoms with E-state index in [9.17, 15) is 4.79 Å². The van der Waals surface area contributed by atoms with Crippen LogP contribution < -0.4 is 5.32 Å². The maximum atomic E-state index is 12.6. The molecule has 2 aliphatic heterocycles. The topological polar surface area (TPSA) is 35.6 Å². The van der Waals surface area contributed by atoms with Crippen molar-refractivity contribution in [3.05, 3.63) is 35.4 Å². The zero-order valence-corrected chi connectivity index (χ0v) is 14.3. The number of hydrogen-bond donors (Lipinski definition) is 1. The zero-order valence-electron chi connectivity index (χ0n) is 14.3. The lowest BCUT2D eigenvalue weighted by Crippen LogP contribution is -2.45. The Kier molecular flexibility index (Phi) is 5.68. The molecule has 4 nitrogen and oxygen atoms in total.